The Balaban J connectivity index is 1.43. The average molecular weight is 484 g/mol. The van der Waals surface area contributed by atoms with Gasteiger partial charge in [-0.05, 0) is 42.5 Å². The molecule has 2 aliphatic heterocycles. The van der Waals surface area contributed by atoms with Crippen molar-refractivity contribution in [2.24, 2.45) is 0 Å². The topological polar surface area (TPSA) is 114 Å². The smallest absolute Gasteiger partial charge is 0.340 e. The molecule has 11 heteroatoms. The number of anilines is 3. The van der Waals surface area contributed by atoms with E-state index >= 15 is 0 Å². The number of carbonyl (C=O) groups is 3. The van der Waals surface area contributed by atoms with E-state index in [0.29, 0.717) is 35.8 Å². The molecule has 1 unspecified atom stereocenters. The Morgan fingerprint density at radius 3 is 2.26 bits per heavy atom. The molecule has 0 aliphatic carbocycles. The zero-order chi connectivity index (χ0) is 24.2. The highest BCUT2D eigenvalue weighted by molar-refractivity contribution is 6.34. The summed E-state index contributed by atoms with van der Waals surface area (Å²) in [5.74, 6) is 2.29. The molecule has 2 fully saturated rings. The van der Waals surface area contributed by atoms with Crippen molar-refractivity contribution in [1.29, 1.82) is 0 Å². The summed E-state index contributed by atoms with van der Waals surface area (Å²) in [5, 5.41) is 17.9. The highest BCUT2D eigenvalue weighted by atomic mass is 35.5. The summed E-state index contributed by atoms with van der Waals surface area (Å²) in [6.07, 6.45) is 4.43. The number of urea groups is 2. The second-order valence-corrected chi connectivity index (χ2v) is 8.07. The number of hydrogen-bond acceptors (Lipinski definition) is 5. The number of benzene rings is 2. The van der Waals surface area contributed by atoms with Crippen molar-refractivity contribution in [3.8, 4) is 12.3 Å². The number of β-amino-alcohol motifs (C(OH)–C–C–N with tert-alkyl or cyclic N) is 1. The molecule has 176 valence electrons. The Kier molecular flexibility index (Phi) is 6.88. The lowest BCUT2D eigenvalue weighted by molar-refractivity contribution is -0.125. The molecule has 10 nitrogen and oxygen atoms in total. The van der Waals surface area contributed by atoms with Crippen molar-refractivity contribution in [3.63, 3.8) is 0 Å². The Hall–Kier alpha value is -3.78. The third-order valence-electron chi connectivity index (χ3n) is 5.31. The molecular weight excluding hydrogens is 462 g/mol. The van der Waals surface area contributed by atoms with Crippen molar-refractivity contribution in [3.05, 3.63) is 53.1 Å². The molecule has 0 spiro atoms. The average Bonchev–Trinajstić information content (AvgIpc) is 3.22. The van der Waals surface area contributed by atoms with Gasteiger partial charge in [-0.25, -0.2) is 19.6 Å². The van der Waals surface area contributed by atoms with Crippen LogP contribution in [0.5, 0.6) is 0 Å². The van der Waals surface area contributed by atoms with Crippen LogP contribution in [0.15, 0.2) is 42.5 Å². The molecule has 0 aromatic heterocycles. The Labute approximate surface area is 201 Å². The summed E-state index contributed by atoms with van der Waals surface area (Å²) in [6.45, 7) is 0.650. The summed E-state index contributed by atoms with van der Waals surface area (Å²) in [7, 11) is 0. The van der Waals surface area contributed by atoms with Crippen LogP contribution in [0.4, 0.5) is 26.7 Å². The van der Waals surface area contributed by atoms with Crippen molar-refractivity contribution in [2.45, 2.75) is 6.10 Å². The fourth-order valence-electron chi connectivity index (χ4n) is 3.64. The van der Waals surface area contributed by atoms with Gasteiger partial charge < -0.3 is 25.4 Å². The van der Waals surface area contributed by atoms with E-state index in [1.165, 1.54) is 11.0 Å². The number of hydrazine groups is 1. The summed E-state index contributed by atoms with van der Waals surface area (Å²) in [5.41, 5.74) is 2.04. The van der Waals surface area contributed by atoms with Gasteiger partial charge in [0.15, 0.2) is 0 Å². The van der Waals surface area contributed by atoms with Gasteiger partial charge in [0.1, 0.15) is 6.61 Å². The molecule has 2 aliphatic rings. The molecule has 1 atom stereocenters. The number of ether oxygens (including phenoxy) is 1. The van der Waals surface area contributed by atoms with Crippen molar-refractivity contribution in [2.75, 3.05) is 48.4 Å². The van der Waals surface area contributed by atoms with E-state index < -0.39 is 18.2 Å². The normalized spacial score (nSPS) is 18.0. The zero-order valence-corrected chi connectivity index (χ0v) is 18.8. The van der Waals surface area contributed by atoms with Crippen LogP contribution < -0.4 is 15.5 Å². The number of hydrogen-bond donors (Lipinski definition) is 3. The minimum absolute atomic E-state index is 0.0158. The number of carbonyl (C=O) groups excluding carboxylic acids is 3. The van der Waals surface area contributed by atoms with E-state index in [9.17, 15) is 19.5 Å². The number of morpholine rings is 1. The Morgan fingerprint density at radius 1 is 1.06 bits per heavy atom. The molecule has 0 bridgehead atoms. The molecule has 3 N–H and O–H groups in total. The van der Waals surface area contributed by atoms with Gasteiger partial charge in [-0.15, -0.1) is 6.42 Å². The van der Waals surface area contributed by atoms with Crippen LogP contribution in [0, 0.1) is 12.3 Å². The maximum atomic E-state index is 12.9. The van der Waals surface area contributed by atoms with E-state index in [4.69, 9.17) is 22.8 Å². The van der Waals surface area contributed by atoms with E-state index in [-0.39, 0.29) is 30.6 Å². The highest BCUT2D eigenvalue weighted by Crippen LogP contribution is 2.30. The van der Waals surface area contributed by atoms with E-state index in [1.807, 2.05) is 0 Å². The van der Waals surface area contributed by atoms with E-state index in [0.717, 1.165) is 10.0 Å². The first kappa shape index (κ1) is 23.4. The van der Waals surface area contributed by atoms with Gasteiger partial charge in [0.05, 0.1) is 36.5 Å². The molecule has 2 aromatic rings. The summed E-state index contributed by atoms with van der Waals surface area (Å²) in [6, 6.07) is 10.2. The van der Waals surface area contributed by atoms with Crippen LogP contribution in [0.25, 0.3) is 0 Å². The second-order valence-electron chi connectivity index (χ2n) is 7.66. The molecule has 0 radical (unpaired) electrons. The third-order valence-corrected chi connectivity index (χ3v) is 5.61. The molecule has 4 rings (SSSR count). The zero-order valence-electron chi connectivity index (χ0n) is 18.0. The molecular formula is C23H22ClN5O5. The van der Waals surface area contributed by atoms with Gasteiger partial charge in [0.2, 0.25) is 0 Å². The van der Waals surface area contributed by atoms with Crippen molar-refractivity contribution in [1.82, 2.24) is 10.0 Å². The van der Waals surface area contributed by atoms with Gasteiger partial charge in [0.25, 0.3) is 5.91 Å². The first-order chi connectivity index (χ1) is 16.4. The largest absolute Gasteiger partial charge is 0.389 e. The van der Waals surface area contributed by atoms with Crippen molar-refractivity contribution < 1.29 is 24.2 Å². The molecule has 5 amide bonds. The van der Waals surface area contributed by atoms with Gasteiger partial charge in [-0.2, -0.15) is 0 Å². The van der Waals surface area contributed by atoms with Gasteiger partial charge in [-0.3, -0.25) is 4.79 Å². The molecule has 34 heavy (non-hydrogen) atoms. The standard InChI is InChI=1S/C23H22ClN5O5/c1-2-15-3-5-16(6-4-15)25-22(32)28-12-18(30)13-29(28)23(33)26-17-7-8-20(19(24)11-17)27-9-10-34-14-21(27)31/h1,3-8,11,18,30H,9-10,12-14H2,(H,25,32)(H,26,33). The Bertz CT molecular complexity index is 1150. The fraction of sp³-hybridized carbons (Fsp3) is 0.261. The van der Waals surface area contributed by atoms with Crippen LogP contribution in [0.3, 0.4) is 0 Å². The van der Waals surface area contributed by atoms with Gasteiger partial charge >= 0.3 is 12.1 Å². The predicted molar refractivity (Wildman–Crippen MR) is 126 cm³/mol. The first-order valence-electron chi connectivity index (χ1n) is 10.4. The predicted octanol–water partition coefficient (Wildman–Crippen LogP) is 2.34. The number of amides is 5. The number of nitrogens with zero attached hydrogens (tertiary/aromatic N) is 3. The fourth-order valence-corrected chi connectivity index (χ4v) is 3.92. The maximum Gasteiger partial charge on any atom is 0.340 e. The van der Waals surface area contributed by atoms with Gasteiger partial charge in [0, 0.05) is 23.5 Å². The Morgan fingerprint density at radius 2 is 1.68 bits per heavy atom. The van der Waals surface area contributed by atoms with Crippen LogP contribution in [-0.2, 0) is 9.53 Å². The molecule has 2 heterocycles. The molecule has 2 saturated heterocycles. The number of aliphatic hydroxyl groups excluding tert-OH is 1. The first-order valence-corrected chi connectivity index (χ1v) is 10.8. The molecule has 0 saturated carbocycles. The van der Waals surface area contributed by atoms with E-state index in [2.05, 4.69) is 16.6 Å². The van der Waals surface area contributed by atoms with Crippen molar-refractivity contribution >= 4 is 46.6 Å². The van der Waals surface area contributed by atoms with E-state index in [1.54, 1.807) is 36.4 Å². The third kappa shape index (κ3) is 5.07. The minimum atomic E-state index is -0.904. The summed E-state index contributed by atoms with van der Waals surface area (Å²) >= 11 is 6.36. The lowest BCUT2D eigenvalue weighted by atomic mass is 10.2. The molecule has 2 aromatic carbocycles. The summed E-state index contributed by atoms with van der Waals surface area (Å²) < 4.78 is 5.13. The minimum Gasteiger partial charge on any atom is -0.389 e. The maximum absolute atomic E-state index is 12.9. The number of halogens is 1. The van der Waals surface area contributed by atoms with Crippen LogP contribution in [-0.4, -0.2) is 72.0 Å². The van der Waals surface area contributed by atoms with Crippen LogP contribution >= 0.6 is 11.6 Å². The number of rotatable bonds is 3. The number of nitrogens with one attached hydrogen (secondary N) is 2. The lowest BCUT2D eigenvalue weighted by Gasteiger charge is -2.29. The number of aliphatic hydroxyl groups is 1. The van der Waals surface area contributed by atoms with Crippen LogP contribution in [0.2, 0.25) is 5.02 Å². The highest BCUT2D eigenvalue weighted by Gasteiger charge is 2.36. The van der Waals surface area contributed by atoms with Crippen LogP contribution in [0.1, 0.15) is 5.56 Å². The monoisotopic (exact) mass is 483 g/mol. The van der Waals surface area contributed by atoms with Gasteiger partial charge in [-0.1, -0.05) is 17.5 Å². The second kappa shape index (κ2) is 10.0. The quantitative estimate of drug-likeness (QED) is 0.580. The SMILES string of the molecule is C#Cc1ccc(NC(=O)N2CC(O)CN2C(=O)Nc2ccc(N3CCOCC3=O)c(Cl)c2)cc1. The number of terminal acetylenes is 1. The summed E-state index contributed by atoms with van der Waals surface area (Å²) in [4.78, 5) is 39.2. The lowest BCUT2D eigenvalue weighted by Crippen LogP contribution is -2.48.